The third kappa shape index (κ3) is 19.4. The maximum Gasteiger partial charge on any atom is 0.220 e. The van der Waals surface area contributed by atoms with Gasteiger partial charge in [0.1, 0.15) is 5.75 Å². The Kier molecular flexibility index (Phi) is 25.9. The van der Waals surface area contributed by atoms with Gasteiger partial charge in [-0.15, -0.1) is 12.8 Å². The largest absolute Gasteiger partial charge is 0.508 e. The summed E-state index contributed by atoms with van der Waals surface area (Å²) in [6, 6.07) is 5.79. The zero-order valence-corrected chi connectivity index (χ0v) is 16.2. The zero-order chi connectivity index (χ0) is 20.4. The Labute approximate surface area is 172 Å². The van der Waals surface area contributed by atoms with E-state index in [4.69, 9.17) is 12.8 Å². The molecular formula is C23H38N2O3. The Balaban J connectivity index is -0.000000151. The van der Waals surface area contributed by atoms with E-state index < -0.39 is 0 Å². The number of phenols is 1. The lowest BCUT2D eigenvalue weighted by molar-refractivity contribution is -0.121. The normalized spacial score (nSPS) is 7.79. The van der Waals surface area contributed by atoms with Crippen LogP contribution >= 0.6 is 0 Å². The molecule has 0 atom stereocenters. The standard InChI is InChI=1S/C9H12O.2C6H9NO.2CH4/c1-3-8-5-4-7(2)9(10)6-8;2*1-3-5-7-6(8)4-2;;/h4-6,10H,3H2,1-2H3;2*1H,4-5H2,2H3,(H,7,8);2*1H4. The van der Waals surface area contributed by atoms with Crippen LogP contribution in [0.1, 0.15) is 59.6 Å². The first kappa shape index (κ1) is 32.7. The minimum absolute atomic E-state index is 0. The van der Waals surface area contributed by atoms with Gasteiger partial charge in [0.25, 0.3) is 0 Å². The van der Waals surface area contributed by atoms with Gasteiger partial charge in [0.15, 0.2) is 0 Å². The zero-order valence-electron chi connectivity index (χ0n) is 16.2. The topological polar surface area (TPSA) is 78.4 Å². The first-order valence-corrected chi connectivity index (χ1v) is 8.54. The summed E-state index contributed by atoms with van der Waals surface area (Å²) in [7, 11) is 0. The Bertz CT molecular complexity index is 596. The number of rotatable bonds is 5. The molecule has 158 valence electrons. The summed E-state index contributed by atoms with van der Waals surface area (Å²) in [5.74, 6) is 5.01. The molecule has 1 aromatic carbocycles. The fourth-order valence-electron chi connectivity index (χ4n) is 1.42. The highest BCUT2D eigenvalue weighted by Gasteiger charge is 1.94. The molecule has 0 saturated carbocycles. The highest BCUT2D eigenvalue weighted by Crippen LogP contribution is 2.17. The summed E-state index contributed by atoms with van der Waals surface area (Å²) in [6.07, 6.45) is 11.7. The first-order valence-electron chi connectivity index (χ1n) is 8.54. The van der Waals surface area contributed by atoms with E-state index in [-0.39, 0.29) is 26.7 Å². The third-order valence-corrected chi connectivity index (χ3v) is 3.10. The predicted octanol–water partition coefficient (Wildman–Crippen LogP) is 3.83. The molecule has 0 aromatic heterocycles. The number of benzene rings is 1. The fourth-order valence-corrected chi connectivity index (χ4v) is 1.42. The van der Waals surface area contributed by atoms with Gasteiger partial charge in [-0.3, -0.25) is 9.59 Å². The molecule has 0 heterocycles. The first-order chi connectivity index (χ1) is 12.4. The number of aryl methyl sites for hydroxylation is 2. The minimum Gasteiger partial charge on any atom is -0.508 e. The maximum atomic E-state index is 10.4. The van der Waals surface area contributed by atoms with Crippen LogP contribution in [0.25, 0.3) is 0 Å². The number of carbonyl (C=O) groups excluding carboxylic acids is 2. The van der Waals surface area contributed by atoms with Gasteiger partial charge in [0, 0.05) is 12.8 Å². The third-order valence-electron chi connectivity index (χ3n) is 3.10. The second-order valence-corrected chi connectivity index (χ2v) is 5.14. The van der Waals surface area contributed by atoms with Crippen molar-refractivity contribution >= 4 is 11.8 Å². The number of hydrogen-bond donors (Lipinski definition) is 3. The summed E-state index contributed by atoms with van der Waals surface area (Å²) in [6.45, 7) is 8.22. The lowest BCUT2D eigenvalue weighted by Crippen LogP contribution is -2.21. The Hall–Kier alpha value is -2.92. The summed E-state index contributed by atoms with van der Waals surface area (Å²) in [4.78, 5) is 20.7. The van der Waals surface area contributed by atoms with Crippen molar-refractivity contribution < 1.29 is 14.7 Å². The Morgan fingerprint density at radius 2 is 1.39 bits per heavy atom. The molecule has 5 heteroatoms. The fraction of sp³-hybridized carbons (Fsp3) is 0.478. The predicted molar refractivity (Wildman–Crippen MR) is 120 cm³/mol. The number of phenolic OH excluding ortho intramolecular Hbond substituents is 1. The second-order valence-electron chi connectivity index (χ2n) is 5.14. The molecule has 3 N–H and O–H groups in total. The van der Waals surface area contributed by atoms with Crippen LogP contribution < -0.4 is 10.6 Å². The molecular weight excluding hydrogens is 352 g/mol. The van der Waals surface area contributed by atoms with Crippen molar-refractivity contribution in [2.45, 2.75) is 61.8 Å². The molecule has 1 aromatic rings. The Morgan fingerprint density at radius 3 is 1.68 bits per heavy atom. The summed E-state index contributed by atoms with van der Waals surface area (Å²) < 4.78 is 0. The summed E-state index contributed by atoms with van der Waals surface area (Å²) in [5.41, 5.74) is 2.13. The van der Waals surface area contributed by atoms with Crippen molar-refractivity contribution in [1.29, 1.82) is 0 Å². The van der Waals surface area contributed by atoms with Gasteiger partial charge in [-0.25, -0.2) is 0 Å². The average molecular weight is 391 g/mol. The van der Waals surface area contributed by atoms with Gasteiger partial charge in [0.05, 0.1) is 13.1 Å². The van der Waals surface area contributed by atoms with Gasteiger partial charge in [-0.05, 0) is 30.5 Å². The number of terminal acetylenes is 2. The lowest BCUT2D eigenvalue weighted by atomic mass is 10.1. The van der Waals surface area contributed by atoms with Crippen LogP contribution in [-0.2, 0) is 16.0 Å². The van der Waals surface area contributed by atoms with Gasteiger partial charge in [-0.1, -0.05) is 59.6 Å². The van der Waals surface area contributed by atoms with Crippen molar-refractivity contribution in [2.24, 2.45) is 0 Å². The van der Waals surface area contributed by atoms with E-state index in [1.165, 1.54) is 5.56 Å². The molecule has 0 saturated heterocycles. The van der Waals surface area contributed by atoms with E-state index in [9.17, 15) is 14.7 Å². The van der Waals surface area contributed by atoms with Crippen LogP contribution in [-0.4, -0.2) is 30.0 Å². The van der Waals surface area contributed by atoms with Crippen molar-refractivity contribution in [2.75, 3.05) is 13.1 Å². The van der Waals surface area contributed by atoms with E-state index >= 15 is 0 Å². The number of amides is 2. The molecule has 0 spiro atoms. The highest BCUT2D eigenvalue weighted by atomic mass is 16.3. The molecule has 2 amide bonds. The molecule has 5 nitrogen and oxygen atoms in total. The molecule has 0 radical (unpaired) electrons. The summed E-state index contributed by atoms with van der Waals surface area (Å²) >= 11 is 0. The molecule has 1 rings (SSSR count). The minimum atomic E-state index is 0. The maximum absolute atomic E-state index is 10.4. The number of hydrogen-bond acceptors (Lipinski definition) is 3. The SMILES string of the molecule is C.C.C#CCNC(=O)CC.C#CCNC(=O)CC.CCc1ccc(C)c(O)c1. The van der Waals surface area contributed by atoms with Crippen molar-refractivity contribution in [3.8, 4) is 30.4 Å². The number of carbonyl (C=O) groups is 2. The van der Waals surface area contributed by atoms with E-state index in [1.807, 2.05) is 25.1 Å². The number of nitrogens with one attached hydrogen (secondary N) is 2. The highest BCUT2D eigenvalue weighted by molar-refractivity contribution is 5.76. The van der Waals surface area contributed by atoms with E-state index in [2.05, 4.69) is 29.4 Å². The van der Waals surface area contributed by atoms with Crippen LogP contribution in [0.15, 0.2) is 18.2 Å². The van der Waals surface area contributed by atoms with Gasteiger partial charge >= 0.3 is 0 Å². The van der Waals surface area contributed by atoms with Crippen LogP contribution in [0, 0.1) is 31.6 Å². The van der Waals surface area contributed by atoms with Crippen LogP contribution in [0.4, 0.5) is 0 Å². The van der Waals surface area contributed by atoms with Gasteiger partial charge in [0.2, 0.25) is 11.8 Å². The van der Waals surface area contributed by atoms with Crippen LogP contribution in [0.3, 0.4) is 0 Å². The van der Waals surface area contributed by atoms with E-state index in [0.717, 1.165) is 12.0 Å². The smallest absolute Gasteiger partial charge is 0.220 e. The van der Waals surface area contributed by atoms with Crippen LogP contribution in [0.5, 0.6) is 5.75 Å². The second kappa shape index (κ2) is 22.1. The molecule has 0 aliphatic carbocycles. The molecule has 28 heavy (non-hydrogen) atoms. The van der Waals surface area contributed by atoms with Crippen molar-refractivity contribution in [3.05, 3.63) is 29.3 Å². The average Bonchev–Trinajstić information content (AvgIpc) is 2.67. The Morgan fingerprint density at radius 1 is 0.964 bits per heavy atom. The molecule has 0 unspecified atom stereocenters. The van der Waals surface area contributed by atoms with Crippen LogP contribution in [0.2, 0.25) is 0 Å². The molecule has 0 aliphatic rings. The molecule has 0 fully saturated rings. The number of aromatic hydroxyl groups is 1. The van der Waals surface area contributed by atoms with E-state index in [1.54, 1.807) is 13.8 Å². The molecule has 0 bridgehead atoms. The van der Waals surface area contributed by atoms with Crippen molar-refractivity contribution in [3.63, 3.8) is 0 Å². The van der Waals surface area contributed by atoms with Gasteiger partial charge < -0.3 is 15.7 Å². The monoisotopic (exact) mass is 390 g/mol. The van der Waals surface area contributed by atoms with Gasteiger partial charge in [-0.2, -0.15) is 0 Å². The molecule has 0 aliphatic heterocycles. The van der Waals surface area contributed by atoms with Crippen molar-refractivity contribution in [1.82, 2.24) is 10.6 Å². The lowest BCUT2D eigenvalue weighted by Gasteiger charge is -1.99. The quantitative estimate of drug-likeness (QED) is 0.669. The van der Waals surface area contributed by atoms with E-state index in [0.29, 0.717) is 31.7 Å². The summed E-state index contributed by atoms with van der Waals surface area (Å²) in [5, 5.41) is 14.2.